The van der Waals surface area contributed by atoms with Gasteiger partial charge in [0.25, 0.3) is 0 Å². The third kappa shape index (κ3) is 9.30. The Bertz CT molecular complexity index is 1390. The van der Waals surface area contributed by atoms with Gasteiger partial charge in [0.2, 0.25) is 5.82 Å². The first-order valence-corrected chi connectivity index (χ1v) is 15.8. The first-order valence-electron chi connectivity index (χ1n) is 11.5. The molecule has 0 aliphatic heterocycles. The standard InChI is InChI=1S/C17H14F5NO.C11H9N2.2ClH.Ti/c1-17(2,3)9-6-4-5-8(16(9)24)7-23-15-13(21)11(19)10(18)12(20)14(15)22;1-2-5-10(6-3-1)13-9-11-7-4-8-12-11;;;/h4-7,23H,1-3H3;1-9H;2*1H;/q;-1;;;+2/p-2/b8-7+;;;;. The average Bonchev–Trinajstić information content (AvgIpc) is 3.45. The Morgan fingerprint density at radius 2 is 1.48 bits per heavy atom. The summed E-state index contributed by atoms with van der Waals surface area (Å²) in [6.07, 6.45) is 8.97. The second kappa shape index (κ2) is 15.7. The van der Waals surface area contributed by atoms with Crippen LogP contribution in [0.2, 0.25) is 0 Å². The van der Waals surface area contributed by atoms with Crippen molar-refractivity contribution in [3.63, 3.8) is 0 Å². The van der Waals surface area contributed by atoms with E-state index in [1.165, 1.54) is 6.08 Å². The van der Waals surface area contributed by atoms with Gasteiger partial charge in [-0.15, -0.1) is 5.69 Å². The van der Waals surface area contributed by atoms with Gasteiger partial charge in [0.1, 0.15) is 5.69 Å². The molecule has 1 aromatic heterocycles. The molecule has 0 fully saturated rings. The molecule has 40 heavy (non-hydrogen) atoms. The topological polar surface area (TPSA) is 55.6 Å². The molecule has 2 aromatic carbocycles. The summed E-state index contributed by atoms with van der Waals surface area (Å²) < 4.78 is 66.5. The Balaban J connectivity index is 0.000000292. The number of rotatable bonds is 4. The number of ketones is 1. The number of carbonyl (C=O) groups is 1. The zero-order valence-electron chi connectivity index (χ0n) is 21.5. The van der Waals surface area contributed by atoms with E-state index in [2.05, 4.69) is 9.98 Å². The van der Waals surface area contributed by atoms with Gasteiger partial charge in [-0.2, -0.15) is 6.20 Å². The van der Waals surface area contributed by atoms with Crippen LogP contribution in [0.4, 0.5) is 33.3 Å². The Labute approximate surface area is 245 Å². The molecule has 4 rings (SSSR count). The predicted molar refractivity (Wildman–Crippen MR) is 145 cm³/mol. The van der Waals surface area contributed by atoms with E-state index in [9.17, 15) is 26.7 Å². The second-order valence-corrected chi connectivity index (χ2v) is 11.5. The van der Waals surface area contributed by atoms with Crippen molar-refractivity contribution in [1.82, 2.24) is 4.98 Å². The van der Waals surface area contributed by atoms with E-state index in [4.69, 9.17) is 18.6 Å². The van der Waals surface area contributed by atoms with Gasteiger partial charge in [-0.3, -0.25) is 9.79 Å². The van der Waals surface area contributed by atoms with Gasteiger partial charge in [0.05, 0.1) is 5.69 Å². The third-order valence-electron chi connectivity index (χ3n) is 5.11. The Morgan fingerprint density at radius 1 is 0.900 bits per heavy atom. The normalized spacial score (nSPS) is 13.8. The van der Waals surface area contributed by atoms with Crippen LogP contribution in [0.1, 0.15) is 26.5 Å². The number of nitrogens with one attached hydrogen (secondary N) is 1. The fraction of sp³-hybridized carbons (Fsp3) is 0.143. The Kier molecular flexibility index (Phi) is 13.1. The minimum absolute atomic E-state index is 0.0337. The van der Waals surface area contributed by atoms with Crippen LogP contribution in [0.15, 0.2) is 89.2 Å². The monoisotopic (exact) mass is 630 g/mol. The third-order valence-corrected chi connectivity index (χ3v) is 5.11. The molecule has 0 spiro atoms. The van der Waals surface area contributed by atoms with Gasteiger partial charge >= 0.3 is 35.6 Å². The molecule has 0 unspecified atom stereocenters. The SMILES string of the molecule is C(=Nc1ccccc1)c1ccc[n-]1.CC(C)(C)C1=CC=C/C(=C\Nc2c(F)c(F)c(F)c(F)c2F)C1=O.[Cl][Ti][Cl]. The number of halogens is 7. The number of nitrogens with zero attached hydrogens (tertiary/aromatic N) is 2. The summed E-state index contributed by atoms with van der Waals surface area (Å²) in [5, 5.41) is 2.00. The van der Waals surface area contributed by atoms with E-state index >= 15 is 0 Å². The summed E-state index contributed by atoms with van der Waals surface area (Å²) in [6.45, 7) is 5.43. The number of carbonyl (C=O) groups excluding carboxylic acids is 1. The average molecular weight is 631 g/mol. The quantitative estimate of drug-likeness (QED) is 0.0785. The van der Waals surface area contributed by atoms with Crippen LogP contribution in [0.25, 0.3) is 0 Å². The molecule has 0 bridgehead atoms. The van der Waals surface area contributed by atoms with Gasteiger partial charge in [0, 0.05) is 23.6 Å². The maximum atomic E-state index is 13.6. The van der Waals surface area contributed by atoms with Crippen molar-refractivity contribution in [1.29, 1.82) is 0 Å². The first-order chi connectivity index (χ1) is 18.9. The van der Waals surface area contributed by atoms with Gasteiger partial charge in [-0.1, -0.05) is 63.3 Å². The van der Waals surface area contributed by atoms with E-state index in [-0.39, 0.29) is 5.57 Å². The fourth-order valence-corrected chi connectivity index (χ4v) is 3.19. The maximum absolute atomic E-state index is 13.6. The van der Waals surface area contributed by atoms with Crippen molar-refractivity contribution in [3.8, 4) is 0 Å². The summed E-state index contributed by atoms with van der Waals surface area (Å²) in [5.74, 6) is -10.8. The zero-order valence-corrected chi connectivity index (χ0v) is 24.5. The summed E-state index contributed by atoms with van der Waals surface area (Å²) in [7, 11) is 9.78. The molecule has 0 saturated carbocycles. The van der Waals surface area contributed by atoms with Crippen molar-refractivity contribution in [2.75, 3.05) is 5.32 Å². The summed E-state index contributed by atoms with van der Waals surface area (Å²) in [5.41, 5.74) is 0.647. The molecular weight excluding hydrogens is 608 g/mol. The van der Waals surface area contributed by atoms with Crippen LogP contribution in [0.5, 0.6) is 0 Å². The number of Topliss-reactive ketones (excluding diaryl/α,β-unsaturated/α-hetero) is 1. The van der Waals surface area contributed by atoms with Crippen molar-refractivity contribution in [3.05, 3.63) is 119 Å². The van der Waals surface area contributed by atoms with Crippen LogP contribution in [0, 0.1) is 34.5 Å². The number of aromatic nitrogens is 1. The van der Waals surface area contributed by atoms with E-state index in [1.54, 1.807) is 24.6 Å². The van der Waals surface area contributed by atoms with E-state index in [0.717, 1.165) is 17.6 Å². The van der Waals surface area contributed by atoms with Crippen LogP contribution in [-0.4, -0.2) is 12.0 Å². The molecule has 210 valence electrons. The predicted octanol–water partition coefficient (Wildman–Crippen LogP) is 8.56. The Morgan fingerprint density at radius 3 is 2.00 bits per heavy atom. The number of hydrogen-bond donors (Lipinski definition) is 1. The first kappa shape index (κ1) is 33.2. The number of benzene rings is 2. The molecule has 0 amide bonds. The van der Waals surface area contributed by atoms with Crippen molar-refractivity contribution in [2.24, 2.45) is 10.4 Å². The second-order valence-electron chi connectivity index (χ2n) is 8.93. The van der Waals surface area contributed by atoms with E-state index in [0.29, 0.717) is 5.57 Å². The zero-order chi connectivity index (χ0) is 29.9. The fourth-order valence-electron chi connectivity index (χ4n) is 3.19. The van der Waals surface area contributed by atoms with Crippen LogP contribution in [-0.2, 0) is 21.8 Å². The number of aliphatic imine (C=N–C) groups is 1. The molecule has 3 aromatic rings. The van der Waals surface area contributed by atoms with Crippen LogP contribution < -0.4 is 10.3 Å². The van der Waals surface area contributed by atoms with Crippen molar-refractivity contribution in [2.45, 2.75) is 20.8 Å². The molecule has 1 N–H and O–H groups in total. The number of anilines is 1. The van der Waals surface area contributed by atoms with Crippen molar-refractivity contribution >= 4 is 42.0 Å². The van der Waals surface area contributed by atoms with Gasteiger partial charge in [-0.05, 0) is 23.6 Å². The minimum atomic E-state index is -2.24. The van der Waals surface area contributed by atoms with E-state index in [1.807, 2.05) is 68.6 Å². The molecule has 0 radical (unpaired) electrons. The molecule has 0 atom stereocenters. The number of allylic oxidation sites excluding steroid dienone is 5. The number of hydrogen-bond acceptors (Lipinski definition) is 3. The summed E-state index contributed by atoms with van der Waals surface area (Å²) in [6, 6.07) is 13.6. The molecule has 4 nitrogen and oxygen atoms in total. The van der Waals surface area contributed by atoms with Crippen LogP contribution >= 0.6 is 18.6 Å². The van der Waals surface area contributed by atoms with Gasteiger partial charge in [0.15, 0.2) is 29.1 Å². The number of para-hydroxylation sites is 1. The summed E-state index contributed by atoms with van der Waals surface area (Å²) in [4.78, 5) is 20.7. The Hall–Kier alpha value is -2.98. The molecule has 1 heterocycles. The molecule has 1 aliphatic carbocycles. The molecule has 0 saturated heterocycles. The van der Waals surface area contributed by atoms with E-state index < -0.39 is 63.0 Å². The molecule has 1 aliphatic rings. The summed E-state index contributed by atoms with van der Waals surface area (Å²) >= 11 is -0.556. The van der Waals surface area contributed by atoms with Gasteiger partial charge in [-0.25, -0.2) is 22.0 Å². The molecule has 12 heteroatoms. The molecular formula is C28H23Cl2F5N3OTi-. The van der Waals surface area contributed by atoms with Gasteiger partial charge < -0.3 is 10.3 Å². The van der Waals surface area contributed by atoms with Crippen molar-refractivity contribution < 1.29 is 43.8 Å². The van der Waals surface area contributed by atoms with Crippen LogP contribution in [0.3, 0.4) is 0 Å².